The van der Waals surface area contributed by atoms with Crippen LogP contribution < -0.4 is 10.1 Å². The third-order valence-corrected chi connectivity index (χ3v) is 5.31. The van der Waals surface area contributed by atoms with Crippen LogP contribution >= 0.6 is 0 Å². The average molecular weight is 330 g/mol. The lowest BCUT2D eigenvalue weighted by Gasteiger charge is -2.22. The lowest BCUT2D eigenvalue weighted by atomic mass is 10.0. The number of carbonyl (C=O) groups is 1. The number of hydrogen-bond donors (Lipinski definition) is 1. The number of benzene rings is 1. The molecule has 0 radical (unpaired) electrons. The molecular weight excluding hydrogens is 304 g/mol. The van der Waals surface area contributed by atoms with Gasteiger partial charge in [-0.25, -0.2) is 0 Å². The van der Waals surface area contributed by atoms with Crippen LogP contribution in [0.2, 0.25) is 0 Å². The monoisotopic (exact) mass is 330 g/mol. The topological polar surface area (TPSA) is 50.8 Å². The van der Waals surface area contributed by atoms with Crippen LogP contribution in [0.15, 0.2) is 18.2 Å². The van der Waals surface area contributed by atoms with Gasteiger partial charge in [-0.05, 0) is 37.5 Å². The number of fused-ring (bicyclic) bond motifs is 2. The number of carbonyl (C=O) groups excluding carboxylic acids is 1. The zero-order valence-electron chi connectivity index (χ0n) is 14.5. The van der Waals surface area contributed by atoms with E-state index >= 15 is 0 Å². The number of nitrogens with one attached hydrogen (secondary N) is 1. The van der Waals surface area contributed by atoms with Crippen LogP contribution in [0.3, 0.4) is 0 Å². The van der Waals surface area contributed by atoms with Crippen LogP contribution in [0.25, 0.3) is 0 Å². The predicted molar refractivity (Wildman–Crippen MR) is 91.0 cm³/mol. The summed E-state index contributed by atoms with van der Waals surface area (Å²) in [5.74, 6) is 1.10. The van der Waals surface area contributed by atoms with Crippen molar-refractivity contribution < 1.29 is 14.3 Å². The third-order valence-electron chi connectivity index (χ3n) is 5.31. The highest BCUT2D eigenvalue weighted by molar-refractivity contribution is 5.80. The smallest absolute Gasteiger partial charge is 0.227 e. The van der Waals surface area contributed by atoms with Crippen molar-refractivity contribution >= 4 is 5.91 Å². The van der Waals surface area contributed by atoms with Gasteiger partial charge in [0.2, 0.25) is 5.91 Å². The molecule has 0 aromatic heterocycles. The minimum Gasteiger partial charge on any atom is -0.493 e. The zero-order chi connectivity index (χ0) is 16.7. The maximum absolute atomic E-state index is 12.5. The van der Waals surface area contributed by atoms with E-state index in [0.717, 1.165) is 44.9 Å². The van der Waals surface area contributed by atoms with Crippen molar-refractivity contribution in [3.8, 4) is 5.75 Å². The Hall–Kier alpha value is -1.59. The third kappa shape index (κ3) is 2.91. The van der Waals surface area contributed by atoms with E-state index in [4.69, 9.17) is 9.47 Å². The Morgan fingerprint density at radius 2 is 2.25 bits per heavy atom. The Labute approximate surface area is 143 Å². The summed E-state index contributed by atoms with van der Waals surface area (Å²) in [5.41, 5.74) is 2.61. The Morgan fingerprint density at radius 1 is 1.38 bits per heavy atom. The number of rotatable bonds is 4. The van der Waals surface area contributed by atoms with Crippen molar-refractivity contribution in [3.63, 3.8) is 0 Å². The molecule has 1 amide bonds. The largest absolute Gasteiger partial charge is 0.493 e. The van der Waals surface area contributed by atoms with E-state index in [1.54, 1.807) is 0 Å². The number of nitrogens with zero attached hydrogens (tertiary/aromatic N) is 1. The average Bonchev–Trinajstić information content (AvgIpc) is 3.23. The van der Waals surface area contributed by atoms with Crippen molar-refractivity contribution in [1.82, 2.24) is 10.2 Å². The Balaban J connectivity index is 1.48. The van der Waals surface area contributed by atoms with Crippen LogP contribution in [0.1, 0.15) is 31.4 Å². The summed E-state index contributed by atoms with van der Waals surface area (Å²) >= 11 is 0. The summed E-state index contributed by atoms with van der Waals surface area (Å²) in [5, 5.41) is 3.05. The first-order chi connectivity index (χ1) is 11.6. The molecule has 4 rings (SSSR count). The Bertz CT molecular complexity index is 631. The summed E-state index contributed by atoms with van der Waals surface area (Å²) < 4.78 is 11.5. The molecule has 3 aliphatic heterocycles. The van der Waals surface area contributed by atoms with Crippen molar-refractivity contribution in [2.45, 2.75) is 51.4 Å². The normalized spacial score (nSPS) is 28.7. The molecule has 0 aliphatic carbocycles. The minimum atomic E-state index is -0.0577. The van der Waals surface area contributed by atoms with Crippen LogP contribution in [0.4, 0.5) is 0 Å². The van der Waals surface area contributed by atoms with E-state index in [0.29, 0.717) is 6.04 Å². The quantitative estimate of drug-likeness (QED) is 0.914. The number of amides is 1. The molecule has 1 N–H and O–H groups in total. The summed E-state index contributed by atoms with van der Waals surface area (Å²) in [4.78, 5) is 14.9. The number of hydrogen-bond acceptors (Lipinski definition) is 4. The van der Waals surface area contributed by atoms with Crippen LogP contribution in [0, 0.1) is 5.92 Å². The molecule has 1 aromatic rings. The highest BCUT2D eigenvalue weighted by atomic mass is 16.5. The molecule has 3 atom stereocenters. The molecule has 2 saturated heterocycles. The van der Waals surface area contributed by atoms with Crippen LogP contribution in [0.5, 0.6) is 5.75 Å². The molecule has 130 valence electrons. The van der Waals surface area contributed by atoms with Gasteiger partial charge < -0.3 is 14.8 Å². The second-order valence-corrected chi connectivity index (χ2v) is 7.43. The SMILES string of the molecule is CC(C)NC(=O)[C@@H]1CN(Cc2ccc3c(c2)CCO3)[C@H]2CCO[C@@H]12. The van der Waals surface area contributed by atoms with Gasteiger partial charge in [0, 0.05) is 38.2 Å². The predicted octanol–water partition coefficient (Wildman–Crippen LogP) is 1.74. The van der Waals surface area contributed by atoms with Gasteiger partial charge in [0.1, 0.15) is 5.75 Å². The fourth-order valence-electron chi connectivity index (χ4n) is 4.25. The molecule has 0 bridgehead atoms. The van der Waals surface area contributed by atoms with E-state index in [1.165, 1.54) is 11.1 Å². The van der Waals surface area contributed by atoms with E-state index in [1.807, 2.05) is 13.8 Å². The fraction of sp³-hybridized carbons (Fsp3) is 0.632. The van der Waals surface area contributed by atoms with Crippen molar-refractivity contribution in [2.24, 2.45) is 5.92 Å². The fourth-order valence-corrected chi connectivity index (χ4v) is 4.25. The van der Waals surface area contributed by atoms with Gasteiger partial charge in [0.15, 0.2) is 0 Å². The van der Waals surface area contributed by atoms with Gasteiger partial charge in [-0.3, -0.25) is 9.69 Å². The van der Waals surface area contributed by atoms with E-state index in [2.05, 4.69) is 28.4 Å². The summed E-state index contributed by atoms with van der Waals surface area (Å²) in [7, 11) is 0. The van der Waals surface area contributed by atoms with E-state index in [-0.39, 0.29) is 24.0 Å². The van der Waals surface area contributed by atoms with Crippen molar-refractivity contribution in [3.05, 3.63) is 29.3 Å². The number of likely N-dealkylation sites (tertiary alicyclic amines) is 1. The maximum Gasteiger partial charge on any atom is 0.227 e. The molecular formula is C19H26N2O3. The maximum atomic E-state index is 12.5. The zero-order valence-corrected chi connectivity index (χ0v) is 14.5. The first-order valence-electron chi connectivity index (χ1n) is 9.02. The molecule has 0 spiro atoms. The van der Waals surface area contributed by atoms with Gasteiger partial charge in [-0.15, -0.1) is 0 Å². The van der Waals surface area contributed by atoms with Crippen molar-refractivity contribution in [2.75, 3.05) is 19.8 Å². The number of ether oxygens (including phenoxy) is 2. The first kappa shape index (κ1) is 15.9. The van der Waals surface area contributed by atoms with Crippen molar-refractivity contribution in [1.29, 1.82) is 0 Å². The van der Waals surface area contributed by atoms with Crippen LogP contribution in [-0.2, 0) is 22.5 Å². The van der Waals surface area contributed by atoms with Gasteiger partial charge in [-0.1, -0.05) is 12.1 Å². The van der Waals surface area contributed by atoms with Gasteiger partial charge in [0.25, 0.3) is 0 Å². The highest BCUT2D eigenvalue weighted by Crippen LogP contribution is 2.35. The second kappa shape index (κ2) is 6.37. The molecule has 1 aromatic carbocycles. The van der Waals surface area contributed by atoms with E-state index < -0.39 is 0 Å². The molecule has 0 saturated carbocycles. The standard InChI is InChI=1S/C19H26N2O3/c1-12(2)20-19(22)15-11-21(16-6-8-24-18(15)16)10-13-3-4-17-14(9-13)5-7-23-17/h3-4,9,12,15-16,18H,5-8,10-11H2,1-2H3,(H,20,22)/t15-,16+,18+/m1/s1. The first-order valence-corrected chi connectivity index (χ1v) is 9.02. The highest BCUT2D eigenvalue weighted by Gasteiger charge is 2.48. The second-order valence-electron chi connectivity index (χ2n) is 7.43. The molecule has 2 fully saturated rings. The van der Waals surface area contributed by atoms with Gasteiger partial charge in [0.05, 0.1) is 18.6 Å². The molecule has 5 nitrogen and oxygen atoms in total. The molecule has 24 heavy (non-hydrogen) atoms. The lowest BCUT2D eigenvalue weighted by Crippen LogP contribution is -2.41. The molecule has 5 heteroatoms. The van der Waals surface area contributed by atoms with E-state index in [9.17, 15) is 4.79 Å². The Morgan fingerprint density at radius 3 is 3.08 bits per heavy atom. The lowest BCUT2D eigenvalue weighted by molar-refractivity contribution is -0.128. The molecule has 0 unspecified atom stereocenters. The summed E-state index contributed by atoms with van der Waals surface area (Å²) in [6, 6.07) is 7.02. The summed E-state index contributed by atoms with van der Waals surface area (Å²) in [6.45, 7) is 7.22. The van der Waals surface area contributed by atoms with Crippen LogP contribution in [-0.4, -0.2) is 48.8 Å². The molecule has 3 aliphatic rings. The Kier molecular flexibility index (Phi) is 4.22. The van der Waals surface area contributed by atoms with Gasteiger partial charge in [-0.2, -0.15) is 0 Å². The van der Waals surface area contributed by atoms with Gasteiger partial charge >= 0.3 is 0 Å². The minimum absolute atomic E-state index is 0.0431. The summed E-state index contributed by atoms with van der Waals surface area (Å²) in [6.07, 6.45) is 2.06. The molecule has 3 heterocycles.